The topological polar surface area (TPSA) is 76.7 Å². The van der Waals surface area contributed by atoms with Crippen molar-refractivity contribution in [3.63, 3.8) is 0 Å². The quantitative estimate of drug-likeness (QED) is 0.661. The monoisotopic (exact) mass is 396 g/mol. The number of amides is 2. The lowest BCUT2D eigenvalue weighted by Gasteiger charge is -2.22. The van der Waals surface area contributed by atoms with E-state index in [9.17, 15) is 9.59 Å². The average Bonchev–Trinajstić information content (AvgIpc) is 2.75. The number of hydrogen-bond donors (Lipinski definition) is 2. The van der Waals surface area contributed by atoms with Crippen molar-refractivity contribution in [3.05, 3.63) is 59.7 Å². The Morgan fingerprint density at radius 3 is 2.14 bits per heavy atom. The number of carbonyl (C=O) groups excluding carboxylic acids is 2. The summed E-state index contributed by atoms with van der Waals surface area (Å²) in [7, 11) is 1.62. The predicted octanol–water partition coefficient (Wildman–Crippen LogP) is 4.03. The van der Waals surface area contributed by atoms with E-state index < -0.39 is 0 Å². The largest absolute Gasteiger partial charge is 0.491 e. The molecule has 0 saturated heterocycles. The van der Waals surface area contributed by atoms with Crippen LogP contribution in [-0.2, 0) is 4.74 Å². The van der Waals surface area contributed by atoms with Crippen LogP contribution in [-0.4, -0.2) is 38.2 Å². The van der Waals surface area contributed by atoms with Gasteiger partial charge < -0.3 is 20.1 Å². The van der Waals surface area contributed by atoms with Gasteiger partial charge in [-0.05, 0) is 61.4 Å². The Morgan fingerprint density at radius 2 is 1.48 bits per heavy atom. The first-order valence-electron chi connectivity index (χ1n) is 10.1. The van der Waals surface area contributed by atoms with Gasteiger partial charge in [0.15, 0.2) is 0 Å². The van der Waals surface area contributed by atoms with Gasteiger partial charge in [-0.2, -0.15) is 0 Å². The standard InChI is InChI=1S/C23H28N2O4/c1-28-15-16-29-21-13-9-18(10-14-21)23(27)25-20-11-7-17(8-12-20)22(26)24-19-5-3-2-4-6-19/h7-14,19H,2-6,15-16H2,1H3,(H,24,26)(H,25,27). The molecule has 0 atom stereocenters. The van der Waals surface area contributed by atoms with Gasteiger partial charge in [-0.1, -0.05) is 19.3 Å². The van der Waals surface area contributed by atoms with E-state index in [1.54, 1.807) is 55.6 Å². The summed E-state index contributed by atoms with van der Waals surface area (Å²) in [5.41, 5.74) is 1.78. The molecule has 6 nitrogen and oxygen atoms in total. The molecule has 0 radical (unpaired) electrons. The Labute approximate surface area is 171 Å². The van der Waals surface area contributed by atoms with Crippen molar-refractivity contribution < 1.29 is 19.1 Å². The summed E-state index contributed by atoms with van der Waals surface area (Å²) in [5, 5.41) is 5.94. The summed E-state index contributed by atoms with van der Waals surface area (Å²) in [6.07, 6.45) is 5.71. The first kappa shape index (κ1) is 20.9. The van der Waals surface area contributed by atoms with Crippen LogP contribution < -0.4 is 15.4 Å². The highest BCUT2D eigenvalue weighted by Gasteiger charge is 2.16. The van der Waals surface area contributed by atoms with Crippen LogP contribution in [0.1, 0.15) is 52.8 Å². The number of rotatable bonds is 8. The Hall–Kier alpha value is -2.86. The summed E-state index contributed by atoms with van der Waals surface area (Å²) < 4.78 is 10.4. The molecule has 154 valence electrons. The molecular formula is C23H28N2O4. The van der Waals surface area contributed by atoms with Gasteiger partial charge in [0.05, 0.1) is 6.61 Å². The van der Waals surface area contributed by atoms with Gasteiger partial charge in [-0.25, -0.2) is 0 Å². The van der Waals surface area contributed by atoms with E-state index >= 15 is 0 Å². The second-order valence-corrected chi connectivity index (χ2v) is 7.21. The zero-order valence-electron chi connectivity index (χ0n) is 16.8. The van der Waals surface area contributed by atoms with Gasteiger partial charge in [0, 0.05) is 30.0 Å². The molecule has 0 spiro atoms. The molecule has 0 unspecified atom stereocenters. The Morgan fingerprint density at radius 1 is 0.862 bits per heavy atom. The van der Waals surface area contributed by atoms with Crippen LogP contribution in [0.2, 0.25) is 0 Å². The molecule has 0 bridgehead atoms. The third-order valence-electron chi connectivity index (χ3n) is 5.02. The number of hydrogen-bond acceptors (Lipinski definition) is 4. The SMILES string of the molecule is COCCOc1ccc(C(=O)Nc2ccc(C(=O)NC3CCCCC3)cc2)cc1. The second-order valence-electron chi connectivity index (χ2n) is 7.21. The van der Waals surface area contributed by atoms with E-state index in [2.05, 4.69) is 10.6 Å². The van der Waals surface area contributed by atoms with Gasteiger partial charge in [0.2, 0.25) is 0 Å². The lowest BCUT2D eigenvalue weighted by molar-refractivity contribution is 0.0927. The van der Waals surface area contributed by atoms with Gasteiger partial charge in [0.25, 0.3) is 11.8 Å². The molecule has 2 N–H and O–H groups in total. The fraction of sp³-hybridized carbons (Fsp3) is 0.391. The molecular weight excluding hydrogens is 368 g/mol. The minimum atomic E-state index is -0.215. The summed E-state index contributed by atoms with van der Waals surface area (Å²) in [6, 6.07) is 14.2. The van der Waals surface area contributed by atoms with E-state index in [1.807, 2.05) is 0 Å². The molecule has 0 aliphatic heterocycles. The Balaban J connectivity index is 1.52. The molecule has 6 heteroatoms. The van der Waals surface area contributed by atoms with Gasteiger partial charge in [-0.15, -0.1) is 0 Å². The van der Waals surface area contributed by atoms with E-state index in [1.165, 1.54) is 19.3 Å². The van der Waals surface area contributed by atoms with E-state index in [0.717, 1.165) is 12.8 Å². The van der Waals surface area contributed by atoms with Crippen molar-refractivity contribution >= 4 is 17.5 Å². The van der Waals surface area contributed by atoms with Crippen LogP contribution in [0, 0.1) is 0 Å². The first-order valence-corrected chi connectivity index (χ1v) is 10.1. The average molecular weight is 396 g/mol. The zero-order valence-corrected chi connectivity index (χ0v) is 16.8. The van der Waals surface area contributed by atoms with E-state index in [0.29, 0.717) is 35.8 Å². The maximum atomic E-state index is 12.4. The third kappa shape index (κ3) is 6.32. The van der Waals surface area contributed by atoms with Crippen molar-refractivity contribution in [3.8, 4) is 5.75 Å². The fourth-order valence-electron chi connectivity index (χ4n) is 3.37. The Bertz CT molecular complexity index is 797. The maximum Gasteiger partial charge on any atom is 0.255 e. The van der Waals surface area contributed by atoms with Crippen LogP contribution in [0.25, 0.3) is 0 Å². The zero-order chi connectivity index (χ0) is 20.5. The number of anilines is 1. The molecule has 1 aliphatic carbocycles. The highest BCUT2D eigenvalue weighted by Crippen LogP contribution is 2.19. The van der Waals surface area contributed by atoms with Gasteiger partial charge in [-0.3, -0.25) is 9.59 Å². The van der Waals surface area contributed by atoms with Crippen LogP contribution >= 0.6 is 0 Å². The normalized spacial score (nSPS) is 14.2. The summed E-state index contributed by atoms with van der Waals surface area (Å²) >= 11 is 0. The van der Waals surface area contributed by atoms with Crippen LogP contribution in [0.5, 0.6) is 5.75 Å². The number of ether oxygens (including phenoxy) is 2. The van der Waals surface area contributed by atoms with Crippen molar-refractivity contribution in [2.45, 2.75) is 38.1 Å². The first-order chi connectivity index (χ1) is 14.2. The molecule has 0 aromatic heterocycles. The molecule has 2 amide bonds. The number of nitrogens with one attached hydrogen (secondary N) is 2. The fourth-order valence-corrected chi connectivity index (χ4v) is 3.37. The maximum absolute atomic E-state index is 12.4. The van der Waals surface area contributed by atoms with Gasteiger partial charge >= 0.3 is 0 Å². The molecule has 0 heterocycles. The van der Waals surface area contributed by atoms with Crippen molar-refractivity contribution in [1.82, 2.24) is 5.32 Å². The van der Waals surface area contributed by atoms with Crippen molar-refractivity contribution in [2.75, 3.05) is 25.6 Å². The Kier molecular flexibility index (Phi) is 7.64. The highest BCUT2D eigenvalue weighted by atomic mass is 16.5. The molecule has 1 fully saturated rings. The summed E-state index contributed by atoms with van der Waals surface area (Å²) in [5.74, 6) is 0.415. The van der Waals surface area contributed by atoms with Gasteiger partial charge in [0.1, 0.15) is 12.4 Å². The molecule has 2 aromatic rings. The lowest BCUT2D eigenvalue weighted by atomic mass is 9.95. The second kappa shape index (κ2) is 10.6. The molecule has 3 rings (SSSR count). The summed E-state index contributed by atoms with van der Waals surface area (Å²) in [4.78, 5) is 24.8. The van der Waals surface area contributed by atoms with E-state index in [-0.39, 0.29) is 17.9 Å². The van der Waals surface area contributed by atoms with Crippen LogP contribution in [0.3, 0.4) is 0 Å². The van der Waals surface area contributed by atoms with Crippen molar-refractivity contribution in [1.29, 1.82) is 0 Å². The molecule has 2 aromatic carbocycles. The lowest BCUT2D eigenvalue weighted by Crippen LogP contribution is -2.36. The van der Waals surface area contributed by atoms with Crippen LogP contribution in [0.4, 0.5) is 5.69 Å². The smallest absolute Gasteiger partial charge is 0.255 e. The highest BCUT2D eigenvalue weighted by molar-refractivity contribution is 6.04. The third-order valence-corrected chi connectivity index (χ3v) is 5.02. The number of carbonyl (C=O) groups is 2. The number of benzene rings is 2. The predicted molar refractivity (Wildman–Crippen MR) is 113 cm³/mol. The van der Waals surface area contributed by atoms with E-state index in [4.69, 9.17) is 9.47 Å². The molecule has 29 heavy (non-hydrogen) atoms. The molecule has 1 aliphatic rings. The van der Waals surface area contributed by atoms with Crippen LogP contribution in [0.15, 0.2) is 48.5 Å². The minimum absolute atomic E-state index is 0.0566. The number of methoxy groups -OCH3 is 1. The van der Waals surface area contributed by atoms with Crippen molar-refractivity contribution in [2.24, 2.45) is 0 Å². The molecule has 1 saturated carbocycles. The summed E-state index contributed by atoms with van der Waals surface area (Å²) in [6.45, 7) is 0.972. The minimum Gasteiger partial charge on any atom is -0.491 e.